The Hall–Kier alpha value is -4.28. The number of carbonyl (C=O) groups excluding carboxylic acids is 3. The molecular weight excluding hydrogens is 694 g/mol. The molecule has 5 heterocycles. The maximum atomic E-state index is 13.2. The average Bonchev–Trinajstić information content (AvgIpc) is 3.88. The zero-order valence-corrected chi connectivity index (χ0v) is 26.5. The van der Waals surface area contributed by atoms with Gasteiger partial charge in [0.1, 0.15) is 55.4 Å². The normalized spacial score (nSPS) is 35.7. The van der Waals surface area contributed by atoms with Crippen LogP contribution in [0.15, 0.2) is 12.7 Å². The summed E-state index contributed by atoms with van der Waals surface area (Å²) in [6.45, 7) is -0.898. The van der Waals surface area contributed by atoms with E-state index in [1.807, 2.05) is 0 Å². The van der Waals surface area contributed by atoms with Gasteiger partial charge in [-0.15, -0.1) is 10.2 Å². The Morgan fingerprint density at radius 1 is 0.882 bits per heavy atom. The molecule has 0 aromatic carbocycles. The number of carboxylic acids is 1. The fraction of sp³-hybridized carbons (Fsp3) is 0.692. The summed E-state index contributed by atoms with van der Waals surface area (Å²) in [5, 5.41) is 106. The molecule has 2 aromatic heterocycles. The van der Waals surface area contributed by atoms with Crippen molar-refractivity contribution in [3.05, 3.63) is 24.3 Å². The van der Waals surface area contributed by atoms with Crippen LogP contribution >= 0.6 is 0 Å². The molecule has 3 saturated heterocycles. The number of hydrogen-bond acceptors (Lipinski definition) is 19. The van der Waals surface area contributed by atoms with Gasteiger partial charge >= 0.3 is 5.97 Å². The molecule has 0 spiro atoms. The van der Waals surface area contributed by atoms with E-state index >= 15 is 0 Å². The molecule has 0 saturated carbocycles. The molecule has 3 amide bonds. The minimum Gasteiger partial charge on any atom is -0.478 e. The molecule has 5 rings (SSSR count). The predicted octanol–water partition coefficient (Wildman–Crippen LogP) is -7.95. The molecule has 13 unspecified atom stereocenters. The lowest BCUT2D eigenvalue weighted by molar-refractivity contribution is -0.224. The fourth-order valence-corrected chi connectivity index (χ4v) is 5.83. The second kappa shape index (κ2) is 15.1. The number of rotatable bonds is 12. The fourth-order valence-electron chi connectivity index (χ4n) is 5.83. The Labute approximate surface area is 285 Å². The van der Waals surface area contributed by atoms with Gasteiger partial charge in [-0.25, -0.2) is 24.1 Å². The third kappa shape index (κ3) is 7.53. The largest absolute Gasteiger partial charge is 0.478 e. The molecular formula is C26H37N9O16. The lowest BCUT2D eigenvalue weighted by atomic mass is 9.88. The molecule has 25 heteroatoms. The molecule has 3 aliphatic heterocycles. The van der Waals surface area contributed by atoms with Crippen LogP contribution in [0.3, 0.4) is 0 Å². The number of carbonyl (C=O) groups is 4. The van der Waals surface area contributed by atoms with Crippen LogP contribution in [-0.2, 0) is 23.8 Å². The third-order valence-corrected chi connectivity index (χ3v) is 8.46. The van der Waals surface area contributed by atoms with Gasteiger partial charge < -0.3 is 76.1 Å². The van der Waals surface area contributed by atoms with Gasteiger partial charge in [0.15, 0.2) is 12.5 Å². The smallest absolute Gasteiger partial charge is 0.357 e. The molecule has 51 heavy (non-hydrogen) atoms. The molecule has 3 fully saturated rings. The van der Waals surface area contributed by atoms with E-state index in [1.165, 1.54) is 0 Å². The van der Waals surface area contributed by atoms with Crippen molar-refractivity contribution in [1.82, 2.24) is 45.5 Å². The van der Waals surface area contributed by atoms with Gasteiger partial charge in [0.05, 0.1) is 31.5 Å². The van der Waals surface area contributed by atoms with Crippen molar-refractivity contribution in [2.75, 3.05) is 19.8 Å². The predicted molar refractivity (Wildman–Crippen MR) is 155 cm³/mol. The lowest BCUT2D eigenvalue weighted by Crippen LogP contribution is -2.71. The van der Waals surface area contributed by atoms with E-state index < -0.39 is 141 Å². The number of nitrogens with one attached hydrogen (secondary N) is 3. The van der Waals surface area contributed by atoms with Gasteiger partial charge in [0.25, 0.3) is 11.8 Å². The first-order chi connectivity index (χ1) is 24.1. The number of hydrogen-bond donors (Lipinski definition) is 12. The molecule has 0 aliphatic carbocycles. The average molecular weight is 732 g/mol. The zero-order chi connectivity index (χ0) is 37.4. The van der Waals surface area contributed by atoms with Gasteiger partial charge in [-0.2, -0.15) is 0 Å². The summed E-state index contributed by atoms with van der Waals surface area (Å²) in [7, 11) is 0. The van der Waals surface area contributed by atoms with Crippen molar-refractivity contribution >= 4 is 23.7 Å². The van der Waals surface area contributed by atoms with Crippen molar-refractivity contribution in [2.24, 2.45) is 0 Å². The second-order valence-electron chi connectivity index (χ2n) is 12.0. The number of nitrogens with zero attached hydrogens (tertiary/aromatic N) is 6. The highest BCUT2D eigenvalue weighted by Gasteiger charge is 2.55. The lowest BCUT2D eigenvalue weighted by Gasteiger charge is -2.46. The number of carboxylic acid groups (broad SMARTS) is 1. The van der Waals surface area contributed by atoms with Crippen molar-refractivity contribution in [2.45, 2.75) is 92.5 Å². The minimum atomic E-state index is -2.77. The summed E-state index contributed by atoms with van der Waals surface area (Å²) in [5.74, 6) is -6.01. The van der Waals surface area contributed by atoms with Crippen LogP contribution in [0, 0.1) is 0 Å². The maximum absolute atomic E-state index is 13.2. The Kier molecular flexibility index (Phi) is 11.3. The molecule has 2 aromatic rings. The first-order valence-electron chi connectivity index (χ1n) is 15.3. The standard InChI is InChI=1S/C26H37N9O16/c1-8(38)30-13-9(39)2-26(25(47)48,31-22(46)20-29-7-35(33-20)24-17(44)15(42)12(5-37)50-24)51-18(13)10(40)3-27-21(45)19-28-6-34(32-19)23-16(43)14(41)11(4-36)49-23/h6-7,9-18,23-24,36-37,39-44H,2-5H2,1H3,(H,27,45)(H,30,38)(H,31,46)(H,47,48). The highest BCUT2D eigenvalue weighted by molar-refractivity contribution is 5.94. The second-order valence-corrected chi connectivity index (χ2v) is 12.0. The Bertz CT molecular complexity index is 1590. The molecule has 13 atom stereocenters. The Balaban J connectivity index is 1.29. The first-order valence-corrected chi connectivity index (χ1v) is 15.3. The van der Waals surface area contributed by atoms with Gasteiger partial charge in [-0.3, -0.25) is 14.4 Å². The van der Waals surface area contributed by atoms with Crippen LogP contribution in [0.4, 0.5) is 0 Å². The van der Waals surface area contributed by atoms with Crippen molar-refractivity contribution in [3.63, 3.8) is 0 Å². The molecule has 0 radical (unpaired) electrons. The summed E-state index contributed by atoms with van der Waals surface area (Å²) in [6, 6.07) is -1.47. The van der Waals surface area contributed by atoms with Gasteiger partial charge in [-0.1, -0.05) is 0 Å². The molecule has 25 nitrogen and oxygen atoms in total. The third-order valence-electron chi connectivity index (χ3n) is 8.46. The van der Waals surface area contributed by atoms with Crippen LogP contribution in [0.25, 0.3) is 0 Å². The number of aliphatic hydroxyl groups is 8. The van der Waals surface area contributed by atoms with Crippen LogP contribution in [0.2, 0.25) is 0 Å². The van der Waals surface area contributed by atoms with Crippen LogP contribution < -0.4 is 16.0 Å². The van der Waals surface area contributed by atoms with Crippen molar-refractivity contribution in [1.29, 1.82) is 0 Å². The van der Waals surface area contributed by atoms with E-state index in [1.54, 1.807) is 0 Å². The number of amides is 3. The number of aliphatic hydroxyl groups excluding tert-OH is 8. The van der Waals surface area contributed by atoms with Gasteiger partial charge in [0, 0.05) is 19.9 Å². The SMILES string of the molecule is CC(=O)NC1C(O)CC(NC(=O)c2ncn(C3OC(CO)C(O)C3O)n2)(C(=O)O)OC1C(O)CNC(=O)c1ncn(C2OC(CO)C(O)C2O)n1. The Morgan fingerprint density at radius 2 is 1.39 bits per heavy atom. The quantitative estimate of drug-likeness (QED) is 0.0964. The summed E-state index contributed by atoms with van der Waals surface area (Å²) >= 11 is 0. The number of aromatic nitrogens is 6. The van der Waals surface area contributed by atoms with E-state index in [4.69, 9.17) is 14.2 Å². The Morgan fingerprint density at radius 3 is 1.84 bits per heavy atom. The molecule has 3 aliphatic rings. The summed E-state index contributed by atoms with van der Waals surface area (Å²) in [4.78, 5) is 58.1. The maximum Gasteiger partial charge on any atom is 0.357 e. The summed E-state index contributed by atoms with van der Waals surface area (Å²) in [6.07, 6.45) is -15.4. The molecule has 282 valence electrons. The van der Waals surface area contributed by atoms with Crippen LogP contribution in [0.1, 0.15) is 47.0 Å². The highest BCUT2D eigenvalue weighted by Crippen LogP contribution is 2.32. The topological polar surface area (TPSA) is 376 Å². The van der Waals surface area contributed by atoms with E-state index in [-0.39, 0.29) is 0 Å². The summed E-state index contributed by atoms with van der Waals surface area (Å²) < 4.78 is 18.1. The van der Waals surface area contributed by atoms with E-state index in [9.17, 15) is 65.1 Å². The zero-order valence-electron chi connectivity index (χ0n) is 26.5. The minimum absolute atomic E-state index is 0.501. The molecule has 12 N–H and O–H groups in total. The first kappa shape index (κ1) is 38.0. The van der Waals surface area contributed by atoms with Gasteiger partial charge in [0.2, 0.25) is 23.3 Å². The van der Waals surface area contributed by atoms with E-state index in [0.717, 1.165) is 28.9 Å². The van der Waals surface area contributed by atoms with E-state index in [2.05, 4.69) is 36.1 Å². The van der Waals surface area contributed by atoms with Crippen molar-refractivity contribution < 1.29 is 79.3 Å². The monoisotopic (exact) mass is 731 g/mol. The number of aliphatic carboxylic acids is 1. The summed E-state index contributed by atoms with van der Waals surface area (Å²) in [5.41, 5.74) is -2.77. The van der Waals surface area contributed by atoms with Crippen LogP contribution in [-0.4, -0.2) is 186 Å². The molecule has 0 bridgehead atoms. The van der Waals surface area contributed by atoms with Crippen LogP contribution in [0.5, 0.6) is 0 Å². The van der Waals surface area contributed by atoms with Gasteiger partial charge in [-0.05, 0) is 0 Å². The number of ether oxygens (including phenoxy) is 3. The van der Waals surface area contributed by atoms with Crippen molar-refractivity contribution in [3.8, 4) is 0 Å². The van der Waals surface area contributed by atoms with E-state index in [0.29, 0.717) is 0 Å². The highest BCUT2D eigenvalue weighted by atomic mass is 16.6.